The van der Waals surface area contributed by atoms with E-state index in [-0.39, 0.29) is 0 Å². The first-order valence-corrected chi connectivity index (χ1v) is 10.2. The molecule has 0 unspecified atom stereocenters. The Morgan fingerprint density at radius 1 is 1.04 bits per heavy atom. The zero-order chi connectivity index (χ0) is 19.2. The monoisotopic (exact) mass is 408 g/mol. The minimum absolute atomic E-state index is 0.511. The van der Waals surface area contributed by atoms with Crippen molar-refractivity contribution in [2.75, 3.05) is 20.8 Å². The quantitative estimate of drug-likeness (QED) is 0.422. The van der Waals surface area contributed by atoms with Gasteiger partial charge in [-0.3, -0.25) is 10.9 Å². The highest BCUT2D eigenvalue weighted by molar-refractivity contribution is 7.80. The maximum Gasteiger partial charge on any atom is 0.185 e. The number of hydrogen-bond donors (Lipinski definition) is 4. The van der Waals surface area contributed by atoms with Gasteiger partial charge in [-0.25, -0.2) is 0 Å². The van der Waals surface area contributed by atoms with Crippen LogP contribution in [0.1, 0.15) is 31.2 Å². The van der Waals surface area contributed by atoms with Gasteiger partial charge in [0.2, 0.25) is 0 Å². The standard InChI is InChI=1S/C19H28N4O2S2/c1-24-16-6-4-12(11-17(16)25-2)7-8-20-18(26)22-23-19(27)21-15-10-13-3-5-14(15)9-13/h4,6,11,13-15H,3,5,7-10H2,1-2H3,(H2,20,22,26)(H2,21,23,27)/t13-,14-,15+/m0/s1. The van der Waals surface area contributed by atoms with Gasteiger partial charge in [0.25, 0.3) is 0 Å². The van der Waals surface area contributed by atoms with Crippen LogP contribution in [0.5, 0.6) is 11.5 Å². The Labute approximate surface area is 171 Å². The van der Waals surface area contributed by atoms with Gasteiger partial charge < -0.3 is 20.1 Å². The Morgan fingerprint density at radius 2 is 1.81 bits per heavy atom. The Morgan fingerprint density at radius 3 is 2.48 bits per heavy atom. The molecule has 0 aromatic heterocycles. The number of hydrogen-bond acceptors (Lipinski definition) is 4. The average molecular weight is 409 g/mol. The summed E-state index contributed by atoms with van der Waals surface area (Å²) in [6.45, 7) is 0.704. The molecule has 0 aliphatic heterocycles. The van der Waals surface area contributed by atoms with Gasteiger partial charge in [-0.2, -0.15) is 0 Å². The molecule has 148 valence electrons. The number of rotatable bonds is 6. The van der Waals surface area contributed by atoms with Crippen molar-refractivity contribution in [1.82, 2.24) is 21.5 Å². The maximum absolute atomic E-state index is 5.37. The first-order chi connectivity index (χ1) is 13.1. The van der Waals surface area contributed by atoms with Crippen LogP contribution in [0.15, 0.2) is 18.2 Å². The van der Waals surface area contributed by atoms with Crippen molar-refractivity contribution in [2.45, 2.75) is 38.1 Å². The smallest absolute Gasteiger partial charge is 0.185 e. The van der Waals surface area contributed by atoms with Crippen LogP contribution in [0.25, 0.3) is 0 Å². The van der Waals surface area contributed by atoms with Crippen molar-refractivity contribution in [3.63, 3.8) is 0 Å². The predicted octanol–water partition coefficient (Wildman–Crippen LogP) is 2.28. The van der Waals surface area contributed by atoms with Crippen LogP contribution in [0.3, 0.4) is 0 Å². The van der Waals surface area contributed by atoms with Crippen LogP contribution in [0.4, 0.5) is 0 Å². The van der Waals surface area contributed by atoms with Crippen LogP contribution in [0, 0.1) is 11.8 Å². The normalized spacial score (nSPS) is 22.8. The maximum atomic E-state index is 5.37. The highest BCUT2D eigenvalue weighted by Gasteiger charge is 2.39. The fraction of sp³-hybridized carbons (Fsp3) is 0.579. The first kappa shape index (κ1) is 19.9. The van der Waals surface area contributed by atoms with Crippen molar-refractivity contribution >= 4 is 34.7 Å². The molecule has 0 saturated heterocycles. The average Bonchev–Trinajstić information content (AvgIpc) is 3.29. The summed E-state index contributed by atoms with van der Waals surface area (Å²) in [4.78, 5) is 0. The van der Waals surface area contributed by atoms with Crippen LogP contribution in [0.2, 0.25) is 0 Å². The first-order valence-electron chi connectivity index (χ1n) is 9.40. The minimum Gasteiger partial charge on any atom is -0.493 e. The van der Waals surface area contributed by atoms with Gasteiger partial charge >= 0.3 is 0 Å². The number of fused-ring (bicyclic) bond motifs is 2. The highest BCUT2D eigenvalue weighted by atomic mass is 32.1. The molecule has 2 saturated carbocycles. The summed E-state index contributed by atoms with van der Waals surface area (Å²) in [5, 5.41) is 7.72. The number of hydrazine groups is 1. The van der Waals surface area contributed by atoms with Crippen LogP contribution in [-0.4, -0.2) is 37.0 Å². The lowest BCUT2D eigenvalue weighted by Crippen LogP contribution is -2.53. The summed E-state index contributed by atoms with van der Waals surface area (Å²) in [6.07, 6.45) is 6.12. The van der Waals surface area contributed by atoms with E-state index in [9.17, 15) is 0 Å². The van der Waals surface area contributed by atoms with Gasteiger partial charge in [0, 0.05) is 12.6 Å². The summed E-state index contributed by atoms with van der Waals surface area (Å²) in [7, 11) is 3.27. The zero-order valence-corrected chi connectivity index (χ0v) is 17.5. The SMILES string of the molecule is COc1ccc(CCNC(=S)NNC(=S)N[C@@H]2C[C@H]3CC[C@H]2C3)cc1OC. The predicted molar refractivity (Wildman–Crippen MR) is 115 cm³/mol. The summed E-state index contributed by atoms with van der Waals surface area (Å²) in [5.41, 5.74) is 7.07. The topological polar surface area (TPSA) is 66.6 Å². The summed E-state index contributed by atoms with van der Waals surface area (Å²) in [6, 6.07) is 6.42. The third kappa shape index (κ3) is 5.35. The van der Waals surface area contributed by atoms with E-state index in [1.807, 2.05) is 18.2 Å². The van der Waals surface area contributed by atoms with Gasteiger partial charge in [-0.05, 0) is 79.7 Å². The molecule has 2 fully saturated rings. The van der Waals surface area contributed by atoms with Gasteiger partial charge in [-0.15, -0.1) is 0 Å². The summed E-state index contributed by atoms with van der Waals surface area (Å²) >= 11 is 10.7. The molecule has 2 bridgehead atoms. The van der Waals surface area contributed by atoms with E-state index < -0.39 is 0 Å². The lowest BCUT2D eigenvalue weighted by molar-refractivity contribution is 0.354. The van der Waals surface area contributed by atoms with Gasteiger partial charge in [0.1, 0.15) is 0 Å². The highest BCUT2D eigenvalue weighted by Crippen LogP contribution is 2.44. The Balaban J connectivity index is 1.33. The lowest BCUT2D eigenvalue weighted by Gasteiger charge is -2.24. The number of ether oxygens (including phenoxy) is 2. The molecule has 0 amide bonds. The second kappa shape index (κ2) is 9.41. The van der Waals surface area contributed by atoms with Gasteiger partial charge in [-0.1, -0.05) is 12.5 Å². The molecule has 3 rings (SSSR count). The fourth-order valence-corrected chi connectivity index (χ4v) is 4.50. The van der Waals surface area contributed by atoms with E-state index >= 15 is 0 Å². The molecule has 6 nitrogen and oxygen atoms in total. The number of nitrogens with one attached hydrogen (secondary N) is 4. The molecular weight excluding hydrogens is 380 g/mol. The van der Waals surface area contributed by atoms with E-state index in [1.165, 1.54) is 25.7 Å². The number of thiocarbonyl (C=S) groups is 2. The Hall–Kier alpha value is -1.80. The Kier molecular flexibility index (Phi) is 6.95. The third-order valence-corrected chi connectivity index (χ3v) is 5.96. The third-order valence-electron chi connectivity index (χ3n) is 5.49. The lowest BCUT2D eigenvalue weighted by atomic mass is 9.96. The van der Waals surface area contributed by atoms with Crippen molar-refractivity contribution in [3.05, 3.63) is 23.8 Å². The minimum atomic E-state index is 0.511. The van der Waals surface area contributed by atoms with Crippen LogP contribution in [-0.2, 0) is 6.42 Å². The summed E-state index contributed by atoms with van der Waals surface area (Å²) in [5.74, 6) is 3.13. The van der Waals surface area contributed by atoms with Crippen LogP contribution >= 0.6 is 24.4 Å². The fourth-order valence-electron chi connectivity index (χ4n) is 4.14. The van der Waals surface area contributed by atoms with E-state index in [4.69, 9.17) is 33.9 Å². The van der Waals surface area contributed by atoms with Gasteiger partial charge in [0.05, 0.1) is 14.2 Å². The van der Waals surface area contributed by atoms with Gasteiger partial charge in [0.15, 0.2) is 21.7 Å². The molecule has 0 radical (unpaired) electrons. The largest absolute Gasteiger partial charge is 0.493 e. The van der Waals surface area contributed by atoms with Crippen molar-refractivity contribution < 1.29 is 9.47 Å². The molecule has 27 heavy (non-hydrogen) atoms. The van der Waals surface area contributed by atoms with E-state index in [0.717, 1.165) is 35.3 Å². The van der Waals surface area contributed by atoms with E-state index in [0.29, 0.717) is 22.8 Å². The van der Waals surface area contributed by atoms with Crippen molar-refractivity contribution in [3.8, 4) is 11.5 Å². The molecule has 3 atom stereocenters. The van der Waals surface area contributed by atoms with Crippen LogP contribution < -0.4 is 31.0 Å². The molecule has 0 heterocycles. The zero-order valence-electron chi connectivity index (χ0n) is 15.8. The molecule has 2 aliphatic carbocycles. The summed E-state index contributed by atoms with van der Waals surface area (Å²) < 4.78 is 10.6. The Bertz CT molecular complexity index is 686. The molecule has 1 aromatic carbocycles. The number of benzene rings is 1. The van der Waals surface area contributed by atoms with E-state index in [2.05, 4.69) is 21.5 Å². The number of methoxy groups -OCH3 is 2. The molecule has 0 spiro atoms. The van der Waals surface area contributed by atoms with Crippen molar-refractivity contribution in [1.29, 1.82) is 0 Å². The second-order valence-corrected chi connectivity index (χ2v) is 8.02. The molecule has 4 N–H and O–H groups in total. The van der Waals surface area contributed by atoms with E-state index in [1.54, 1.807) is 14.2 Å². The molecule has 2 aliphatic rings. The molecule has 1 aromatic rings. The molecule has 8 heteroatoms. The molecular formula is C19H28N4O2S2. The second-order valence-electron chi connectivity index (χ2n) is 7.20. The van der Waals surface area contributed by atoms with Crippen molar-refractivity contribution in [2.24, 2.45) is 11.8 Å².